The number of hydrogen-bond donors (Lipinski definition) is 2. The fraction of sp³-hybridized carbons (Fsp3) is 0.632. The zero-order valence-electron chi connectivity index (χ0n) is 15.6. The van der Waals surface area contributed by atoms with E-state index in [0.717, 1.165) is 29.9 Å². The highest BCUT2D eigenvalue weighted by molar-refractivity contribution is 5.85. The van der Waals surface area contributed by atoms with Gasteiger partial charge < -0.3 is 20.1 Å². The Bertz CT molecular complexity index is 547. The topological polar surface area (TPSA) is 59.6 Å². The first kappa shape index (κ1) is 21.6. The van der Waals surface area contributed by atoms with E-state index in [4.69, 9.17) is 9.47 Å². The van der Waals surface area contributed by atoms with E-state index >= 15 is 0 Å². The third-order valence-corrected chi connectivity index (χ3v) is 4.60. The molecule has 1 aromatic rings. The number of amides is 1. The number of halogens is 1. The summed E-state index contributed by atoms with van der Waals surface area (Å²) in [5.74, 6) is 1.49. The third-order valence-electron chi connectivity index (χ3n) is 4.60. The third kappa shape index (κ3) is 6.08. The van der Waals surface area contributed by atoms with Gasteiger partial charge in [0.15, 0.2) is 11.5 Å². The van der Waals surface area contributed by atoms with E-state index in [2.05, 4.69) is 10.6 Å². The van der Waals surface area contributed by atoms with Crippen molar-refractivity contribution >= 4 is 18.3 Å². The van der Waals surface area contributed by atoms with Crippen molar-refractivity contribution in [2.75, 3.05) is 20.7 Å². The summed E-state index contributed by atoms with van der Waals surface area (Å²) in [6.07, 6.45) is 4.99. The fourth-order valence-electron chi connectivity index (χ4n) is 3.07. The lowest BCUT2D eigenvalue weighted by Crippen LogP contribution is -2.35. The predicted molar refractivity (Wildman–Crippen MR) is 103 cm³/mol. The Balaban J connectivity index is 0.00000312. The van der Waals surface area contributed by atoms with Gasteiger partial charge in [-0.3, -0.25) is 4.79 Å². The highest BCUT2D eigenvalue weighted by Crippen LogP contribution is 2.33. The molecule has 0 aliphatic heterocycles. The van der Waals surface area contributed by atoms with Crippen LogP contribution in [0.3, 0.4) is 0 Å². The SMILES string of the molecule is CNCC(C)C(=O)NC(C)c1ccc(OC2CCCC2)c(OC)c1.Cl. The Kier molecular flexibility index (Phi) is 9.08. The van der Waals surface area contributed by atoms with Crippen molar-refractivity contribution in [2.24, 2.45) is 5.92 Å². The van der Waals surface area contributed by atoms with Crippen LogP contribution in [0.5, 0.6) is 11.5 Å². The Hall–Kier alpha value is -1.46. The fourth-order valence-corrected chi connectivity index (χ4v) is 3.07. The Labute approximate surface area is 157 Å². The molecule has 1 amide bonds. The zero-order valence-corrected chi connectivity index (χ0v) is 16.4. The molecule has 25 heavy (non-hydrogen) atoms. The standard InChI is InChI=1S/C19H30N2O3.ClH/c1-13(12-20-3)19(22)21-14(2)15-9-10-17(18(11-15)23-4)24-16-7-5-6-8-16;/h9-11,13-14,16,20H,5-8,12H2,1-4H3,(H,21,22);1H. The average Bonchev–Trinajstić information content (AvgIpc) is 3.08. The van der Waals surface area contributed by atoms with Gasteiger partial charge in [-0.05, 0) is 57.4 Å². The molecule has 2 rings (SSSR count). The van der Waals surface area contributed by atoms with Crippen molar-refractivity contribution in [3.05, 3.63) is 23.8 Å². The number of carbonyl (C=O) groups excluding carboxylic acids is 1. The Morgan fingerprint density at radius 1 is 1.24 bits per heavy atom. The summed E-state index contributed by atoms with van der Waals surface area (Å²) in [6.45, 7) is 4.56. The quantitative estimate of drug-likeness (QED) is 0.735. The number of carbonyl (C=O) groups is 1. The van der Waals surface area contributed by atoms with E-state index in [1.165, 1.54) is 12.8 Å². The molecule has 0 spiro atoms. The molecular weight excluding hydrogens is 340 g/mol. The van der Waals surface area contributed by atoms with Gasteiger partial charge >= 0.3 is 0 Å². The maximum Gasteiger partial charge on any atom is 0.224 e. The molecule has 2 unspecified atom stereocenters. The number of nitrogens with one attached hydrogen (secondary N) is 2. The van der Waals surface area contributed by atoms with Gasteiger partial charge in [0, 0.05) is 12.5 Å². The summed E-state index contributed by atoms with van der Waals surface area (Å²) in [6, 6.07) is 5.83. The first-order valence-corrected chi connectivity index (χ1v) is 8.84. The van der Waals surface area contributed by atoms with Crippen LogP contribution in [0.25, 0.3) is 0 Å². The average molecular weight is 371 g/mol. The highest BCUT2D eigenvalue weighted by Gasteiger charge is 2.20. The number of ether oxygens (including phenoxy) is 2. The molecule has 1 aliphatic rings. The van der Waals surface area contributed by atoms with E-state index in [0.29, 0.717) is 12.6 Å². The zero-order chi connectivity index (χ0) is 17.5. The first-order valence-electron chi connectivity index (χ1n) is 8.84. The van der Waals surface area contributed by atoms with Crippen molar-refractivity contribution in [1.29, 1.82) is 0 Å². The molecule has 1 aromatic carbocycles. The minimum Gasteiger partial charge on any atom is -0.493 e. The maximum atomic E-state index is 12.2. The summed E-state index contributed by atoms with van der Waals surface area (Å²) in [5.41, 5.74) is 1.01. The van der Waals surface area contributed by atoms with Crippen molar-refractivity contribution in [2.45, 2.75) is 51.7 Å². The first-order chi connectivity index (χ1) is 11.5. The monoisotopic (exact) mass is 370 g/mol. The molecule has 142 valence electrons. The van der Waals surface area contributed by atoms with Gasteiger partial charge in [-0.2, -0.15) is 0 Å². The molecule has 5 nitrogen and oxygen atoms in total. The number of rotatable bonds is 8. The van der Waals surface area contributed by atoms with Crippen LogP contribution in [0.2, 0.25) is 0 Å². The molecule has 0 aromatic heterocycles. The second-order valence-electron chi connectivity index (χ2n) is 6.62. The summed E-state index contributed by atoms with van der Waals surface area (Å²) in [7, 11) is 3.50. The molecule has 6 heteroatoms. The van der Waals surface area contributed by atoms with Crippen molar-refractivity contribution in [3.63, 3.8) is 0 Å². The van der Waals surface area contributed by atoms with Crippen LogP contribution in [-0.2, 0) is 4.79 Å². The summed E-state index contributed by atoms with van der Waals surface area (Å²) < 4.78 is 11.6. The Morgan fingerprint density at radius 2 is 1.92 bits per heavy atom. The minimum atomic E-state index is -0.0776. The van der Waals surface area contributed by atoms with E-state index in [1.807, 2.05) is 39.1 Å². The lowest BCUT2D eigenvalue weighted by molar-refractivity contribution is -0.125. The molecule has 0 radical (unpaired) electrons. The molecule has 0 saturated heterocycles. The van der Waals surface area contributed by atoms with Gasteiger partial charge in [0.25, 0.3) is 0 Å². The maximum absolute atomic E-state index is 12.2. The van der Waals surface area contributed by atoms with Gasteiger partial charge in [0.2, 0.25) is 5.91 Å². The lowest BCUT2D eigenvalue weighted by Gasteiger charge is -2.20. The van der Waals surface area contributed by atoms with Crippen LogP contribution in [0.4, 0.5) is 0 Å². The van der Waals surface area contributed by atoms with Crippen LogP contribution in [0.15, 0.2) is 18.2 Å². The van der Waals surface area contributed by atoms with E-state index in [1.54, 1.807) is 7.11 Å². The van der Waals surface area contributed by atoms with E-state index < -0.39 is 0 Å². The number of benzene rings is 1. The van der Waals surface area contributed by atoms with Gasteiger partial charge in [-0.15, -0.1) is 12.4 Å². The van der Waals surface area contributed by atoms with Crippen molar-refractivity contribution in [3.8, 4) is 11.5 Å². The number of hydrogen-bond acceptors (Lipinski definition) is 4. The smallest absolute Gasteiger partial charge is 0.224 e. The Morgan fingerprint density at radius 3 is 2.52 bits per heavy atom. The minimum absolute atomic E-state index is 0. The molecule has 1 aliphatic carbocycles. The van der Waals surface area contributed by atoms with Crippen LogP contribution < -0.4 is 20.1 Å². The molecule has 1 saturated carbocycles. The molecule has 0 heterocycles. The van der Waals surface area contributed by atoms with Gasteiger partial charge in [-0.1, -0.05) is 13.0 Å². The molecular formula is C19H31ClN2O3. The molecule has 1 fully saturated rings. The van der Waals surface area contributed by atoms with Crippen LogP contribution in [-0.4, -0.2) is 32.7 Å². The predicted octanol–water partition coefficient (Wildman–Crippen LogP) is 3.47. The van der Waals surface area contributed by atoms with Crippen LogP contribution in [0.1, 0.15) is 51.1 Å². The number of methoxy groups -OCH3 is 1. The lowest BCUT2D eigenvalue weighted by atomic mass is 10.1. The molecule has 0 bridgehead atoms. The largest absolute Gasteiger partial charge is 0.493 e. The van der Waals surface area contributed by atoms with Gasteiger partial charge in [0.1, 0.15) is 0 Å². The van der Waals surface area contributed by atoms with Crippen LogP contribution >= 0.6 is 12.4 Å². The normalized spacial score (nSPS) is 16.6. The van der Waals surface area contributed by atoms with Gasteiger partial charge in [-0.25, -0.2) is 0 Å². The molecule has 2 atom stereocenters. The van der Waals surface area contributed by atoms with Gasteiger partial charge in [0.05, 0.1) is 19.3 Å². The van der Waals surface area contributed by atoms with E-state index in [-0.39, 0.29) is 30.3 Å². The highest BCUT2D eigenvalue weighted by atomic mass is 35.5. The molecule has 2 N–H and O–H groups in total. The second kappa shape index (κ2) is 10.5. The summed E-state index contributed by atoms with van der Waals surface area (Å²) in [5, 5.41) is 6.07. The second-order valence-corrected chi connectivity index (χ2v) is 6.62. The van der Waals surface area contributed by atoms with Crippen molar-refractivity contribution in [1.82, 2.24) is 10.6 Å². The summed E-state index contributed by atoms with van der Waals surface area (Å²) >= 11 is 0. The van der Waals surface area contributed by atoms with Crippen molar-refractivity contribution < 1.29 is 14.3 Å². The van der Waals surface area contributed by atoms with E-state index in [9.17, 15) is 4.79 Å². The van der Waals surface area contributed by atoms with Crippen LogP contribution in [0, 0.1) is 5.92 Å². The summed E-state index contributed by atoms with van der Waals surface area (Å²) in [4.78, 5) is 12.2.